The van der Waals surface area contributed by atoms with Crippen molar-refractivity contribution in [3.63, 3.8) is 0 Å². The quantitative estimate of drug-likeness (QED) is 0.596. The molecule has 0 amide bonds. The molecule has 0 spiro atoms. The Labute approximate surface area is 149 Å². The first-order chi connectivity index (χ1) is 12.4. The Morgan fingerprint density at radius 3 is 2.38 bits per heavy atom. The van der Waals surface area contributed by atoms with Gasteiger partial charge >= 0.3 is 6.18 Å². The summed E-state index contributed by atoms with van der Waals surface area (Å²) < 4.78 is 43.0. The number of ketones is 1. The third kappa shape index (κ3) is 4.52. The first-order valence-corrected chi connectivity index (χ1v) is 8.26. The molecule has 1 aliphatic heterocycles. The van der Waals surface area contributed by atoms with Crippen LogP contribution in [0.5, 0.6) is 0 Å². The third-order valence-corrected chi connectivity index (χ3v) is 4.17. The number of benzene rings is 2. The van der Waals surface area contributed by atoms with E-state index in [0.29, 0.717) is 24.3 Å². The number of morpholine rings is 1. The Kier molecular flexibility index (Phi) is 5.42. The van der Waals surface area contributed by atoms with Crippen molar-refractivity contribution in [2.24, 2.45) is 0 Å². The molecule has 6 heteroatoms. The molecule has 0 atom stereocenters. The fourth-order valence-electron chi connectivity index (χ4n) is 2.73. The Bertz CT molecular complexity index is 791. The lowest BCUT2D eigenvalue weighted by molar-refractivity contribution is -0.137. The zero-order chi connectivity index (χ0) is 18.6. The maximum absolute atomic E-state index is 12.6. The molecule has 3 rings (SSSR count). The summed E-state index contributed by atoms with van der Waals surface area (Å²) in [4.78, 5) is 14.5. The van der Waals surface area contributed by atoms with E-state index in [1.165, 1.54) is 24.3 Å². The van der Waals surface area contributed by atoms with Crippen molar-refractivity contribution in [1.82, 2.24) is 0 Å². The smallest absolute Gasteiger partial charge is 0.378 e. The van der Waals surface area contributed by atoms with Crippen LogP contribution >= 0.6 is 0 Å². The van der Waals surface area contributed by atoms with Crippen molar-refractivity contribution in [3.8, 4) is 0 Å². The van der Waals surface area contributed by atoms with Gasteiger partial charge in [-0.05, 0) is 35.9 Å². The summed E-state index contributed by atoms with van der Waals surface area (Å²) in [6.07, 6.45) is -1.47. The standard InChI is InChI=1S/C20H18F3NO2/c21-20(22,23)17-7-4-15(5-8-17)6-9-19(25)16-2-1-3-18(14-16)24-10-12-26-13-11-24/h1-9,14H,10-13H2/b9-6+. The molecule has 1 fully saturated rings. The highest BCUT2D eigenvalue weighted by Gasteiger charge is 2.29. The number of allylic oxidation sites excluding steroid dienone is 1. The number of alkyl halides is 3. The molecule has 2 aromatic carbocycles. The summed E-state index contributed by atoms with van der Waals surface area (Å²) in [5, 5.41) is 0. The molecule has 3 nitrogen and oxygen atoms in total. The fraction of sp³-hybridized carbons (Fsp3) is 0.250. The minimum Gasteiger partial charge on any atom is -0.378 e. The Morgan fingerprint density at radius 1 is 1.04 bits per heavy atom. The number of rotatable bonds is 4. The van der Waals surface area contributed by atoms with Crippen LogP contribution < -0.4 is 4.90 Å². The summed E-state index contributed by atoms with van der Waals surface area (Å²) in [5.74, 6) is -0.194. The van der Waals surface area contributed by atoms with E-state index in [1.807, 2.05) is 18.2 Å². The van der Waals surface area contributed by atoms with Gasteiger partial charge in [0.05, 0.1) is 18.8 Å². The molecule has 136 valence electrons. The average molecular weight is 361 g/mol. The van der Waals surface area contributed by atoms with Gasteiger partial charge in [-0.25, -0.2) is 0 Å². The van der Waals surface area contributed by atoms with E-state index in [0.717, 1.165) is 30.9 Å². The van der Waals surface area contributed by atoms with E-state index in [-0.39, 0.29) is 5.78 Å². The van der Waals surface area contributed by atoms with Crippen LogP contribution in [0.2, 0.25) is 0 Å². The second-order valence-electron chi connectivity index (χ2n) is 5.97. The lowest BCUT2D eigenvalue weighted by Gasteiger charge is -2.29. The Morgan fingerprint density at radius 2 is 1.73 bits per heavy atom. The molecule has 0 aromatic heterocycles. The molecule has 26 heavy (non-hydrogen) atoms. The van der Waals surface area contributed by atoms with E-state index in [2.05, 4.69) is 4.90 Å². The second-order valence-corrected chi connectivity index (χ2v) is 5.97. The van der Waals surface area contributed by atoms with Gasteiger partial charge in [0, 0.05) is 24.3 Å². The van der Waals surface area contributed by atoms with E-state index in [1.54, 1.807) is 6.07 Å². The van der Waals surface area contributed by atoms with Crippen molar-refractivity contribution in [2.75, 3.05) is 31.2 Å². The molecule has 1 saturated heterocycles. The van der Waals surface area contributed by atoms with Crippen molar-refractivity contribution < 1.29 is 22.7 Å². The number of halogens is 3. The number of carbonyl (C=O) groups excluding carboxylic acids is 1. The lowest BCUT2D eigenvalue weighted by atomic mass is 10.1. The SMILES string of the molecule is O=C(/C=C/c1ccc(C(F)(F)F)cc1)c1cccc(N2CCOCC2)c1. The molecule has 0 saturated carbocycles. The van der Waals surface area contributed by atoms with Crippen LogP contribution in [0.4, 0.5) is 18.9 Å². The first-order valence-electron chi connectivity index (χ1n) is 8.26. The Hall–Kier alpha value is -2.60. The van der Waals surface area contributed by atoms with Crippen LogP contribution in [-0.2, 0) is 10.9 Å². The number of anilines is 1. The lowest BCUT2D eigenvalue weighted by Crippen LogP contribution is -2.36. The van der Waals surface area contributed by atoms with Gasteiger partial charge in [0.25, 0.3) is 0 Å². The minimum absolute atomic E-state index is 0.194. The van der Waals surface area contributed by atoms with Gasteiger partial charge in [0.2, 0.25) is 0 Å². The maximum atomic E-state index is 12.6. The predicted molar refractivity (Wildman–Crippen MR) is 94.3 cm³/mol. The first kappa shape index (κ1) is 18.2. The third-order valence-electron chi connectivity index (χ3n) is 4.17. The van der Waals surface area contributed by atoms with Crippen molar-refractivity contribution in [1.29, 1.82) is 0 Å². The molecule has 0 aliphatic carbocycles. The number of nitrogens with zero attached hydrogens (tertiary/aromatic N) is 1. The molecule has 0 bridgehead atoms. The second kappa shape index (κ2) is 7.74. The summed E-state index contributed by atoms with van der Waals surface area (Å²) in [6, 6.07) is 12.0. The largest absolute Gasteiger partial charge is 0.416 e. The Balaban J connectivity index is 1.70. The number of hydrogen-bond donors (Lipinski definition) is 0. The molecule has 2 aromatic rings. The van der Waals surface area contributed by atoms with Gasteiger partial charge in [0.15, 0.2) is 5.78 Å². The summed E-state index contributed by atoms with van der Waals surface area (Å²) in [6.45, 7) is 2.87. The molecule has 0 radical (unpaired) electrons. The highest BCUT2D eigenvalue weighted by atomic mass is 19.4. The van der Waals surface area contributed by atoms with Gasteiger partial charge in [-0.15, -0.1) is 0 Å². The topological polar surface area (TPSA) is 29.5 Å². The van der Waals surface area contributed by atoms with Gasteiger partial charge in [-0.2, -0.15) is 13.2 Å². The maximum Gasteiger partial charge on any atom is 0.416 e. The van der Waals surface area contributed by atoms with Crippen LogP contribution in [0.1, 0.15) is 21.5 Å². The minimum atomic E-state index is -4.36. The highest BCUT2D eigenvalue weighted by Crippen LogP contribution is 2.29. The van der Waals surface area contributed by atoms with Crippen LogP contribution in [0.3, 0.4) is 0 Å². The van der Waals surface area contributed by atoms with Crippen LogP contribution in [0.15, 0.2) is 54.6 Å². The number of hydrogen-bond acceptors (Lipinski definition) is 3. The summed E-state index contributed by atoms with van der Waals surface area (Å²) >= 11 is 0. The highest BCUT2D eigenvalue weighted by molar-refractivity contribution is 6.07. The normalized spacial score (nSPS) is 15.4. The molecule has 1 heterocycles. The monoisotopic (exact) mass is 361 g/mol. The van der Waals surface area contributed by atoms with E-state index >= 15 is 0 Å². The van der Waals surface area contributed by atoms with Crippen molar-refractivity contribution >= 4 is 17.5 Å². The average Bonchev–Trinajstić information content (AvgIpc) is 2.66. The van der Waals surface area contributed by atoms with Crippen molar-refractivity contribution in [2.45, 2.75) is 6.18 Å². The van der Waals surface area contributed by atoms with Crippen LogP contribution in [-0.4, -0.2) is 32.1 Å². The van der Waals surface area contributed by atoms with E-state index in [9.17, 15) is 18.0 Å². The molecular formula is C20H18F3NO2. The predicted octanol–water partition coefficient (Wildman–Crippen LogP) is 4.44. The van der Waals surface area contributed by atoms with Gasteiger partial charge < -0.3 is 9.64 Å². The molecular weight excluding hydrogens is 343 g/mol. The fourth-order valence-corrected chi connectivity index (χ4v) is 2.73. The van der Waals surface area contributed by atoms with E-state index < -0.39 is 11.7 Å². The molecule has 1 aliphatic rings. The number of carbonyl (C=O) groups is 1. The van der Waals surface area contributed by atoms with Gasteiger partial charge in [-0.3, -0.25) is 4.79 Å². The molecule has 0 unspecified atom stereocenters. The van der Waals surface area contributed by atoms with Crippen molar-refractivity contribution in [3.05, 3.63) is 71.3 Å². The summed E-state index contributed by atoms with van der Waals surface area (Å²) in [5.41, 5.74) is 1.33. The van der Waals surface area contributed by atoms with Crippen LogP contribution in [0, 0.1) is 0 Å². The van der Waals surface area contributed by atoms with Gasteiger partial charge in [-0.1, -0.05) is 30.3 Å². The molecule has 0 N–H and O–H groups in total. The van der Waals surface area contributed by atoms with E-state index in [4.69, 9.17) is 4.74 Å². The zero-order valence-electron chi connectivity index (χ0n) is 14.0. The van der Waals surface area contributed by atoms with Crippen LogP contribution in [0.25, 0.3) is 6.08 Å². The summed E-state index contributed by atoms with van der Waals surface area (Å²) in [7, 11) is 0. The number of ether oxygens (including phenoxy) is 1. The van der Waals surface area contributed by atoms with Gasteiger partial charge in [0.1, 0.15) is 0 Å². The zero-order valence-corrected chi connectivity index (χ0v) is 14.0.